The van der Waals surface area contributed by atoms with Gasteiger partial charge in [0, 0.05) is 11.1 Å². The first-order chi connectivity index (χ1) is 11.2. The zero-order valence-electron chi connectivity index (χ0n) is 13.5. The second kappa shape index (κ2) is 7.06. The zero-order valence-corrected chi connectivity index (χ0v) is 15.1. The highest BCUT2D eigenvalue weighted by molar-refractivity contribution is 7.14. The summed E-state index contributed by atoms with van der Waals surface area (Å²) in [5, 5.41) is 8.98. The lowest BCUT2D eigenvalue weighted by molar-refractivity contribution is 0.842. The minimum Gasteiger partial charge on any atom is -0.220 e. The van der Waals surface area contributed by atoms with E-state index in [0.29, 0.717) is 0 Å². The normalized spacial score (nSPS) is 12.8. The summed E-state index contributed by atoms with van der Waals surface area (Å²) in [5.74, 6) is 0. The first-order valence-corrected chi connectivity index (χ1v) is 9.33. The Labute approximate surface area is 144 Å². The lowest BCUT2D eigenvalue weighted by Gasteiger charge is -2.03. The zero-order chi connectivity index (χ0) is 16.2. The molecule has 0 spiro atoms. The van der Waals surface area contributed by atoms with Crippen LogP contribution in [0, 0.1) is 6.92 Å². The van der Waals surface area contributed by atoms with Crippen molar-refractivity contribution in [2.45, 2.75) is 27.2 Å². The van der Waals surface area contributed by atoms with E-state index in [-0.39, 0.29) is 0 Å². The van der Waals surface area contributed by atoms with Gasteiger partial charge >= 0.3 is 0 Å². The number of hydrogen-bond donors (Lipinski definition) is 0. The molecule has 3 aromatic rings. The van der Waals surface area contributed by atoms with E-state index in [1.165, 1.54) is 10.4 Å². The topological polar surface area (TPSA) is 29.6 Å². The largest absolute Gasteiger partial charge is 0.220 e. The van der Waals surface area contributed by atoms with Gasteiger partial charge < -0.3 is 0 Å². The first-order valence-electron chi connectivity index (χ1n) is 7.57. The molecule has 0 bridgehead atoms. The van der Waals surface area contributed by atoms with Gasteiger partial charge in [0.15, 0.2) is 0 Å². The van der Waals surface area contributed by atoms with Crippen LogP contribution in [0.1, 0.15) is 25.8 Å². The fourth-order valence-electron chi connectivity index (χ4n) is 2.04. The maximum Gasteiger partial charge on any atom is 0.211 e. The van der Waals surface area contributed by atoms with Crippen molar-refractivity contribution in [1.82, 2.24) is 4.68 Å². The van der Waals surface area contributed by atoms with Crippen LogP contribution in [0.15, 0.2) is 57.3 Å². The molecule has 3 rings (SSSR count). The standard InChI is InChI=1S/C18H19N3S2/c1-4-14(3)20-21-16(17-6-5-11-22-17)12-23-18(21)19-15-9-7-13(2)8-10-15/h5-12H,4H2,1-3H3. The van der Waals surface area contributed by atoms with Gasteiger partial charge in [0.25, 0.3) is 0 Å². The van der Waals surface area contributed by atoms with E-state index in [9.17, 15) is 0 Å². The molecule has 0 unspecified atom stereocenters. The summed E-state index contributed by atoms with van der Waals surface area (Å²) in [6.07, 6.45) is 0.927. The molecule has 23 heavy (non-hydrogen) atoms. The van der Waals surface area contributed by atoms with E-state index in [4.69, 9.17) is 10.1 Å². The fourth-order valence-corrected chi connectivity index (χ4v) is 3.68. The van der Waals surface area contributed by atoms with Gasteiger partial charge in [-0.15, -0.1) is 22.7 Å². The Balaban J connectivity index is 2.15. The number of thiazole rings is 1. The predicted octanol–water partition coefficient (Wildman–Crippen LogP) is 5.45. The average Bonchev–Trinajstić information content (AvgIpc) is 3.20. The third kappa shape index (κ3) is 3.68. The predicted molar refractivity (Wildman–Crippen MR) is 101 cm³/mol. The van der Waals surface area contributed by atoms with Crippen LogP contribution >= 0.6 is 22.7 Å². The molecule has 0 radical (unpaired) electrons. The molecule has 0 saturated carbocycles. The van der Waals surface area contributed by atoms with E-state index < -0.39 is 0 Å². The maximum atomic E-state index is 4.78. The van der Waals surface area contributed by atoms with E-state index >= 15 is 0 Å². The van der Waals surface area contributed by atoms with Crippen LogP contribution in [-0.2, 0) is 0 Å². The van der Waals surface area contributed by atoms with Crippen molar-refractivity contribution in [2.24, 2.45) is 10.1 Å². The molecule has 3 nitrogen and oxygen atoms in total. The highest BCUT2D eigenvalue weighted by atomic mass is 32.1. The van der Waals surface area contributed by atoms with Crippen LogP contribution in [0.3, 0.4) is 0 Å². The first kappa shape index (κ1) is 15.9. The van der Waals surface area contributed by atoms with Crippen molar-refractivity contribution in [2.75, 3.05) is 0 Å². The Morgan fingerprint density at radius 2 is 1.91 bits per heavy atom. The van der Waals surface area contributed by atoms with Gasteiger partial charge in [-0.1, -0.05) is 30.7 Å². The molecule has 0 atom stereocenters. The summed E-state index contributed by atoms with van der Waals surface area (Å²) in [6.45, 7) is 6.25. The Kier molecular flexibility index (Phi) is 4.88. The molecule has 1 aromatic carbocycles. The lowest BCUT2D eigenvalue weighted by atomic mass is 10.2. The lowest BCUT2D eigenvalue weighted by Crippen LogP contribution is -2.12. The third-order valence-corrected chi connectivity index (χ3v) is 5.21. The molecule has 2 heterocycles. The minimum absolute atomic E-state index is 0.894. The van der Waals surface area contributed by atoms with Crippen LogP contribution in [0.2, 0.25) is 0 Å². The molecule has 0 aliphatic heterocycles. The van der Waals surface area contributed by atoms with E-state index in [0.717, 1.165) is 28.3 Å². The number of aromatic nitrogens is 1. The SMILES string of the molecule is CCC(C)=Nn1c(-c2cccs2)csc1=Nc1ccc(C)cc1. The molecule has 0 amide bonds. The van der Waals surface area contributed by atoms with E-state index in [2.05, 4.69) is 55.8 Å². The molecule has 2 aromatic heterocycles. The summed E-state index contributed by atoms with van der Waals surface area (Å²) in [4.78, 5) is 6.88. The summed E-state index contributed by atoms with van der Waals surface area (Å²) >= 11 is 3.34. The molecule has 118 valence electrons. The van der Waals surface area contributed by atoms with Gasteiger partial charge in [-0.2, -0.15) is 5.10 Å². The van der Waals surface area contributed by atoms with E-state index in [1.54, 1.807) is 22.7 Å². The number of nitrogens with zero attached hydrogens (tertiary/aromatic N) is 3. The van der Waals surface area contributed by atoms with Crippen molar-refractivity contribution in [1.29, 1.82) is 0 Å². The molecule has 5 heteroatoms. The fraction of sp³-hybridized carbons (Fsp3) is 0.222. The van der Waals surface area contributed by atoms with Crippen LogP contribution in [0.4, 0.5) is 5.69 Å². The molecular formula is C18H19N3S2. The number of thiophene rings is 1. The highest BCUT2D eigenvalue weighted by Gasteiger charge is 2.09. The molecule has 0 N–H and O–H groups in total. The number of benzene rings is 1. The quantitative estimate of drug-likeness (QED) is 0.565. The van der Waals surface area contributed by atoms with Crippen molar-refractivity contribution >= 4 is 34.1 Å². The number of rotatable bonds is 4. The number of hydrogen-bond acceptors (Lipinski definition) is 4. The molecule has 0 aliphatic rings. The van der Waals surface area contributed by atoms with E-state index in [1.807, 2.05) is 16.8 Å². The highest BCUT2D eigenvalue weighted by Crippen LogP contribution is 2.25. The van der Waals surface area contributed by atoms with Crippen molar-refractivity contribution in [3.05, 3.63) is 57.5 Å². The average molecular weight is 342 g/mol. The third-order valence-electron chi connectivity index (χ3n) is 3.50. The van der Waals surface area contributed by atoms with Crippen LogP contribution < -0.4 is 4.80 Å². The summed E-state index contributed by atoms with van der Waals surface area (Å²) in [6, 6.07) is 12.4. The summed E-state index contributed by atoms with van der Waals surface area (Å²) in [5.41, 5.74) is 4.38. The summed E-state index contributed by atoms with van der Waals surface area (Å²) < 4.78 is 1.97. The van der Waals surface area contributed by atoms with Gasteiger partial charge in [0.05, 0.1) is 16.3 Å². The smallest absolute Gasteiger partial charge is 0.211 e. The second-order valence-corrected chi connectivity index (χ2v) is 7.11. The Morgan fingerprint density at radius 3 is 2.57 bits per heavy atom. The molecule has 0 saturated heterocycles. The van der Waals surface area contributed by atoms with Crippen molar-refractivity contribution in [3.63, 3.8) is 0 Å². The van der Waals surface area contributed by atoms with Gasteiger partial charge in [-0.05, 0) is 43.8 Å². The number of aryl methyl sites for hydroxylation is 1. The van der Waals surface area contributed by atoms with Gasteiger partial charge in [-0.3, -0.25) is 0 Å². The second-order valence-electron chi connectivity index (χ2n) is 5.33. The molecule has 0 fully saturated rings. The molecular weight excluding hydrogens is 322 g/mol. The van der Waals surface area contributed by atoms with Crippen molar-refractivity contribution < 1.29 is 0 Å². The van der Waals surface area contributed by atoms with Gasteiger partial charge in [0.1, 0.15) is 0 Å². The Bertz CT molecular complexity index is 866. The maximum absolute atomic E-state index is 4.78. The van der Waals surface area contributed by atoms with Crippen LogP contribution in [-0.4, -0.2) is 10.4 Å². The monoisotopic (exact) mass is 341 g/mol. The van der Waals surface area contributed by atoms with Crippen molar-refractivity contribution in [3.8, 4) is 10.6 Å². The van der Waals surface area contributed by atoms with Crippen LogP contribution in [0.5, 0.6) is 0 Å². The minimum atomic E-state index is 0.894. The van der Waals surface area contributed by atoms with Crippen LogP contribution in [0.25, 0.3) is 10.6 Å². The Hall–Kier alpha value is -1.98. The molecule has 0 aliphatic carbocycles. The van der Waals surface area contributed by atoms with Gasteiger partial charge in [-0.25, -0.2) is 9.67 Å². The Morgan fingerprint density at radius 1 is 1.13 bits per heavy atom. The van der Waals surface area contributed by atoms with Gasteiger partial charge in [0.2, 0.25) is 4.80 Å². The summed E-state index contributed by atoms with van der Waals surface area (Å²) in [7, 11) is 0.